The maximum atomic E-state index is 13.3. The second kappa shape index (κ2) is 6.16. The van der Waals surface area contributed by atoms with E-state index in [1.165, 1.54) is 13.0 Å². The Bertz CT molecular complexity index is 563. The van der Waals surface area contributed by atoms with Crippen LogP contribution in [0.1, 0.15) is 37.7 Å². The SMILES string of the molecule is Cc1ccc(C(O)(CC(=O)NCC2(C)CCCO2)C(F)(F)F)o1. The maximum absolute atomic E-state index is 13.3. The highest BCUT2D eigenvalue weighted by molar-refractivity contribution is 5.77. The zero-order valence-corrected chi connectivity index (χ0v) is 13.0. The van der Waals surface area contributed by atoms with Gasteiger partial charge in [0.2, 0.25) is 11.5 Å². The molecule has 0 radical (unpaired) electrons. The van der Waals surface area contributed by atoms with Crippen molar-refractivity contribution >= 4 is 5.91 Å². The normalized spacial score (nSPS) is 24.4. The predicted octanol–water partition coefficient (Wildman–Crippen LogP) is 2.41. The molecule has 1 fully saturated rings. The summed E-state index contributed by atoms with van der Waals surface area (Å²) < 4.78 is 50.1. The number of hydrogen-bond acceptors (Lipinski definition) is 4. The number of carbonyl (C=O) groups is 1. The number of ether oxygens (including phenoxy) is 1. The lowest BCUT2D eigenvalue weighted by Gasteiger charge is -2.29. The van der Waals surface area contributed by atoms with Crippen molar-refractivity contribution in [3.8, 4) is 0 Å². The number of aliphatic hydroxyl groups is 1. The molecule has 1 saturated heterocycles. The predicted molar refractivity (Wildman–Crippen MR) is 74.6 cm³/mol. The summed E-state index contributed by atoms with van der Waals surface area (Å²) in [6.45, 7) is 3.90. The number of amides is 1. The van der Waals surface area contributed by atoms with Gasteiger partial charge >= 0.3 is 6.18 Å². The molecule has 0 bridgehead atoms. The Morgan fingerprint density at radius 3 is 2.61 bits per heavy atom. The molecule has 23 heavy (non-hydrogen) atoms. The van der Waals surface area contributed by atoms with Crippen LogP contribution >= 0.6 is 0 Å². The van der Waals surface area contributed by atoms with Crippen LogP contribution in [0.4, 0.5) is 13.2 Å². The second-order valence-electron chi connectivity index (χ2n) is 6.12. The maximum Gasteiger partial charge on any atom is 0.425 e. The second-order valence-corrected chi connectivity index (χ2v) is 6.12. The Labute approximate surface area is 131 Å². The van der Waals surface area contributed by atoms with E-state index in [9.17, 15) is 23.1 Å². The van der Waals surface area contributed by atoms with Crippen molar-refractivity contribution in [1.29, 1.82) is 0 Å². The van der Waals surface area contributed by atoms with Crippen LogP contribution in [-0.4, -0.2) is 35.9 Å². The van der Waals surface area contributed by atoms with Gasteiger partial charge in [0.05, 0.1) is 12.0 Å². The monoisotopic (exact) mass is 335 g/mol. The van der Waals surface area contributed by atoms with Crippen LogP contribution in [0, 0.1) is 6.92 Å². The van der Waals surface area contributed by atoms with Crippen LogP contribution in [0.25, 0.3) is 0 Å². The van der Waals surface area contributed by atoms with Gasteiger partial charge in [-0.25, -0.2) is 0 Å². The number of furan rings is 1. The minimum absolute atomic E-state index is 0.0942. The number of hydrogen-bond donors (Lipinski definition) is 2. The molecule has 0 aliphatic carbocycles. The number of carbonyl (C=O) groups excluding carboxylic acids is 1. The Morgan fingerprint density at radius 2 is 2.13 bits per heavy atom. The van der Waals surface area contributed by atoms with Crippen molar-refractivity contribution < 1.29 is 32.2 Å². The largest absolute Gasteiger partial charge is 0.463 e. The Kier molecular flexibility index (Phi) is 4.77. The van der Waals surface area contributed by atoms with Crippen molar-refractivity contribution in [3.05, 3.63) is 23.7 Å². The summed E-state index contributed by atoms with van der Waals surface area (Å²) >= 11 is 0. The zero-order valence-electron chi connectivity index (χ0n) is 13.0. The molecule has 1 aromatic rings. The van der Waals surface area contributed by atoms with Gasteiger partial charge in [-0.3, -0.25) is 4.79 Å². The van der Waals surface area contributed by atoms with E-state index in [0.717, 1.165) is 12.5 Å². The van der Waals surface area contributed by atoms with E-state index in [1.54, 1.807) is 6.92 Å². The fourth-order valence-corrected chi connectivity index (χ4v) is 2.54. The van der Waals surface area contributed by atoms with Gasteiger partial charge in [0, 0.05) is 13.2 Å². The molecule has 1 aliphatic heterocycles. The highest BCUT2D eigenvalue weighted by atomic mass is 19.4. The molecule has 130 valence electrons. The molecule has 2 N–H and O–H groups in total. The van der Waals surface area contributed by atoms with Gasteiger partial charge in [0.25, 0.3) is 0 Å². The van der Waals surface area contributed by atoms with Crippen molar-refractivity contribution in [1.82, 2.24) is 5.32 Å². The summed E-state index contributed by atoms with van der Waals surface area (Å²) in [5, 5.41) is 12.5. The smallest absolute Gasteiger partial charge is 0.425 e. The quantitative estimate of drug-likeness (QED) is 0.867. The molecule has 5 nitrogen and oxygen atoms in total. The summed E-state index contributed by atoms with van der Waals surface area (Å²) in [5.74, 6) is -1.40. The number of nitrogens with one attached hydrogen (secondary N) is 1. The van der Waals surface area contributed by atoms with E-state index in [2.05, 4.69) is 5.32 Å². The van der Waals surface area contributed by atoms with Crippen molar-refractivity contribution in [2.45, 2.75) is 50.5 Å². The third-order valence-electron chi connectivity index (χ3n) is 3.99. The molecule has 2 unspecified atom stereocenters. The van der Waals surface area contributed by atoms with Gasteiger partial charge in [-0.05, 0) is 38.8 Å². The molecule has 1 aromatic heterocycles. The minimum Gasteiger partial charge on any atom is -0.463 e. The fourth-order valence-electron chi connectivity index (χ4n) is 2.54. The highest BCUT2D eigenvalue weighted by Crippen LogP contribution is 2.42. The highest BCUT2D eigenvalue weighted by Gasteiger charge is 2.58. The summed E-state index contributed by atoms with van der Waals surface area (Å²) in [5.41, 5.74) is -3.93. The van der Waals surface area contributed by atoms with E-state index in [0.29, 0.717) is 13.0 Å². The van der Waals surface area contributed by atoms with Crippen LogP contribution in [-0.2, 0) is 15.1 Å². The molecule has 2 rings (SSSR count). The Hall–Kier alpha value is -1.54. The first-order valence-corrected chi connectivity index (χ1v) is 7.32. The third-order valence-corrected chi connectivity index (χ3v) is 3.99. The lowest BCUT2D eigenvalue weighted by Crippen LogP contribution is -2.48. The van der Waals surface area contributed by atoms with Crippen LogP contribution in [0.3, 0.4) is 0 Å². The van der Waals surface area contributed by atoms with Crippen LogP contribution in [0.15, 0.2) is 16.5 Å². The molecule has 1 aliphatic rings. The van der Waals surface area contributed by atoms with Gasteiger partial charge in [-0.15, -0.1) is 0 Å². The standard InChI is InChI=1S/C15H20F3NO4/c1-10-4-5-11(23-10)14(21,15(16,17)18)8-12(20)19-9-13(2)6-3-7-22-13/h4-5,21H,3,6-9H2,1-2H3,(H,19,20). The van der Waals surface area contributed by atoms with Gasteiger partial charge in [0.15, 0.2) is 0 Å². The first-order valence-electron chi connectivity index (χ1n) is 7.32. The van der Waals surface area contributed by atoms with E-state index in [4.69, 9.17) is 9.15 Å². The Morgan fingerprint density at radius 1 is 1.43 bits per heavy atom. The summed E-state index contributed by atoms with van der Waals surface area (Å²) in [4.78, 5) is 11.9. The number of alkyl halides is 3. The molecule has 0 saturated carbocycles. The van der Waals surface area contributed by atoms with Gasteiger partial charge in [0.1, 0.15) is 11.5 Å². The lowest BCUT2D eigenvalue weighted by atomic mass is 9.95. The lowest BCUT2D eigenvalue weighted by molar-refractivity contribution is -0.273. The minimum atomic E-state index is -5.04. The van der Waals surface area contributed by atoms with Crippen LogP contribution < -0.4 is 5.32 Å². The van der Waals surface area contributed by atoms with Crippen LogP contribution in [0.2, 0.25) is 0 Å². The molecular weight excluding hydrogens is 315 g/mol. The molecule has 2 atom stereocenters. The fraction of sp³-hybridized carbons (Fsp3) is 0.667. The summed E-state index contributed by atoms with van der Waals surface area (Å²) in [7, 11) is 0. The van der Waals surface area contributed by atoms with Crippen molar-refractivity contribution in [2.75, 3.05) is 13.2 Å². The number of rotatable bonds is 5. The first kappa shape index (κ1) is 17.8. The molecule has 8 heteroatoms. The third kappa shape index (κ3) is 3.87. The molecule has 0 aromatic carbocycles. The van der Waals surface area contributed by atoms with Gasteiger partial charge in [-0.1, -0.05) is 0 Å². The molecule has 1 amide bonds. The number of halogens is 3. The van der Waals surface area contributed by atoms with E-state index in [-0.39, 0.29) is 12.3 Å². The van der Waals surface area contributed by atoms with Gasteiger partial charge < -0.3 is 19.6 Å². The molecule has 0 spiro atoms. The van der Waals surface area contributed by atoms with E-state index >= 15 is 0 Å². The average molecular weight is 335 g/mol. The topological polar surface area (TPSA) is 71.7 Å². The number of aryl methyl sites for hydroxylation is 1. The van der Waals surface area contributed by atoms with E-state index < -0.39 is 35.5 Å². The Balaban J connectivity index is 2.07. The van der Waals surface area contributed by atoms with E-state index in [1.807, 2.05) is 0 Å². The molecular formula is C15H20F3NO4. The van der Waals surface area contributed by atoms with Gasteiger partial charge in [-0.2, -0.15) is 13.2 Å². The van der Waals surface area contributed by atoms with Crippen molar-refractivity contribution in [3.63, 3.8) is 0 Å². The first-order chi connectivity index (χ1) is 10.6. The molecule has 2 heterocycles. The summed E-state index contributed by atoms with van der Waals surface area (Å²) in [6.07, 6.45) is -4.65. The van der Waals surface area contributed by atoms with Crippen molar-refractivity contribution in [2.24, 2.45) is 0 Å². The average Bonchev–Trinajstić information content (AvgIpc) is 3.05. The zero-order chi connectivity index (χ0) is 17.3. The summed E-state index contributed by atoms with van der Waals surface area (Å²) in [6, 6.07) is 2.33. The van der Waals surface area contributed by atoms with Crippen LogP contribution in [0.5, 0.6) is 0 Å².